The molecule has 0 unspecified atom stereocenters. The van der Waals surface area contributed by atoms with Crippen LogP contribution in [0.15, 0.2) is 0 Å². The van der Waals surface area contributed by atoms with Crippen molar-refractivity contribution in [3.8, 4) is 0 Å². The zero-order valence-electron chi connectivity index (χ0n) is 8.20. The van der Waals surface area contributed by atoms with E-state index in [0.717, 1.165) is 0 Å². The molecule has 76 valence electrons. The number of carbonyl (C=O) groups excluding carboxylic acids is 1. The fourth-order valence-electron chi connectivity index (χ4n) is 0.984. The van der Waals surface area contributed by atoms with Gasteiger partial charge in [-0.05, 0) is 20.8 Å². The lowest BCUT2D eigenvalue weighted by molar-refractivity contribution is -0.137. The standard InChI is InChI=1S/C8H16N2O3/c1-8(2,3)10(7(9)13)5-4-6(11)12/h4-5H2,1-3H3,(H2,9,13)(H,11,12). The molecule has 3 N–H and O–H groups in total. The van der Waals surface area contributed by atoms with E-state index in [4.69, 9.17) is 10.8 Å². The Morgan fingerprint density at radius 1 is 1.38 bits per heavy atom. The van der Waals surface area contributed by atoms with Gasteiger partial charge in [0.1, 0.15) is 0 Å². The molecule has 0 aromatic heterocycles. The molecule has 0 atom stereocenters. The molecule has 0 aromatic carbocycles. The van der Waals surface area contributed by atoms with Crippen LogP contribution >= 0.6 is 0 Å². The Morgan fingerprint density at radius 3 is 2.08 bits per heavy atom. The number of nitrogens with zero attached hydrogens (tertiary/aromatic N) is 1. The second-order valence-electron chi connectivity index (χ2n) is 3.80. The summed E-state index contributed by atoms with van der Waals surface area (Å²) in [6.07, 6.45) is -0.0831. The van der Waals surface area contributed by atoms with Crippen LogP contribution in [0, 0.1) is 0 Å². The third-order valence-electron chi connectivity index (χ3n) is 1.63. The summed E-state index contributed by atoms with van der Waals surface area (Å²) in [6.45, 7) is 5.56. The second-order valence-corrected chi connectivity index (χ2v) is 3.80. The van der Waals surface area contributed by atoms with Crippen molar-refractivity contribution in [2.75, 3.05) is 6.54 Å². The number of hydrogen-bond donors (Lipinski definition) is 2. The van der Waals surface area contributed by atoms with Crippen molar-refractivity contribution >= 4 is 12.0 Å². The molecule has 0 saturated carbocycles. The van der Waals surface area contributed by atoms with Crippen molar-refractivity contribution in [1.29, 1.82) is 0 Å². The zero-order valence-corrected chi connectivity index (χ0v) is 8.20. The van der Waals surface area contributed by atoms with E-state index in [1.54, 1.807) is 20.8 Å². The van der Waals surface area contributed by atoms with E-state index in [2.05, 4.69) is 0 Å². The van der Waals surface area contributed by atoms with Crippen LogP contribution in [-0.4, -0.2) is 34.1 Å². The molecule has 0 aliphatic carbocycles. The smallest absolute Gasteiger partial charge is 0.315 e. The minimum absolute atomic E-state index is 0.0831. The van der Waals surface area contributed by atoms with Gasteiger partial charge in [-0.15, -0.1) is 0 Å². The lowest BCUT2D eigenvalue weighted by Crippen LogP contribution is -2.49. The molecule has 5 nitrogen and oxygen atoms in total. The van der Waals surface area contributed by atoms with Gasteiger partial charge in [0.25, 0.3) is 0 Å². The zero-order chi connectivity index (χ0) is 10.6. The number of urea groups is 1. The monoisotopic (exact) mass is 188 g/mol. The summed E-state index contributed by atoms with van der Waals surface area (Å²) in [5.41, 5.74) is 4.67. The predicted octanol–water partition coefficient (Wildman–Crippen LogP) is 0.640. The minimum atomic E-state index is -0.935. The van der Waals surface area contributed by atoms with E-state index >= 15 is 0 Å². The van der Waals surface area contributed by atoms with E-state index in [-0.39, 0.29) is 13.0 Å². The Balaban J connectivity index is 4.28. The summed E-state index contributed by atoms with van der Waals surface area (Å²) in [6, 6.07) is -0.589. The van der Waals surface area contributed by atoms with Crippen LogP contribution in [0.4, 0.5) is 4.79 Å². The Morgan fingerprint density at radius 2 is 1.85 bits per heavy atom. The highest BCUT2D eigenvalue weighted by Gasteiger charge is 2.24. The van der Waals surface area contributed by atoms with Gasteiger partial charge in [0.15, 0.2) is 0 Å². The summed E-state index contributed by atoms with van der Waals surface area (Å²) in [5.74, 6) is -0.935. The molecular weight excluding hydrogens is 172 g/mol. The van der Waals surface area contributed by atoms with E-state index in [1.807, 2.05) is 0 Å². The van der Waals surface area contributed by atoms with E-state index in [1.165, 1.54) is 4.90 Å². The average Bonchev–Trinajstić information content (AvgIpc) is 1.81. The van der Waals surface area contributed by atoms with Gasteiger partial charge in [-0.2, -0.15) is 0 Å². The van der Waals surface area contributed by atoms with Crippen LogP contribution in [0.5, 0.6) is 0 Å². The topological polar surface area (TPSA) is 83.6 Å². The Hall–Kier alpha value is -1.26. The fraction of sp³-hybridized carbons (Fsp3) is 0.750. The Bertz CT molecular complexity index is 208. The van der Waals surface area contributed by atoms with Crippen molar-refractivity contribution in [3.05, 3.63) is 0 Å². The molecule has 0 saturated heterocycles. The lowest BCUT2D eigenvalue weighted by Gasteiger charge is -2.33. The minimum Gasteiger partial charge on any atom is -0.481 e. The van der Waals surface area contributed by atoms with Crippen LogP contribution < -0.4 is 5.73 Å². The summed E-state index contributed by atoms with van der Waals surface area (Å²) in [7, 11) is 0. The van der Waals surface area contributed by atoms with Crippen molar-refractivity contribution < 1.29 is 14.7 Å². The Labute approximate surface area is 77.5 Å². The number of rotatable bonds is 3. The maximum atomic E-state index is 10.9. The first kappa shape index (κ1) is 11.7. The number of amides is 2. The van der Waals surface area contributed by atoms with Crippen LogP contribution in [0.3, 0.4) is 0 Å². The van der Waals surface area contributed by atoms with Gasteiger partial charge in [0.2, 0.25) is 0 Å². The van der Waals surface area contributed by atoms with Gasteiger partial charge in [0, 0.05) is 12.1 Å². The van der Waals surface area contributed by atoms with Crippen LogP contribution in [-0.2, 0) is 4.79 Å². The third-order valence-corrected chi connectivity index (χ3v) is 1.63. The highest BCUT2D eigenvalue weighted by Crippen LogP contribution is 2.12. The maximum absolute atomic E-state index is 10.9. The highest BCUT2D eigenvalue weighted by molar-refractivity contribution is 5.74. The first-order valence-electron chi connectivity index (χ1n) is 4.04. The summed E-state index contributed by atoms with van der Waals surface area (Å²) in [5, 5.41) is 8.43. The molecule has 0 radical (unpaired) electrons. The number of aliphatic carboxylic acids is 1. The molecule has 0 spiro atoms. The third kappa shape index (κ3) is 4.35. The van der Waals surface area contributed by atoms with Gasteiger partial charge >= 0.3 is 12.0 Å². The molecule has 0 aliphatic rings. The molecule has 0 fully saturated rings. The molecule has 0 aromatic rings. The predicted molar refractivity (Wildman–Crippen MR) is 48.3 cm³/mol. The molecule has 0 aliphatic heterocycles. The van der Waals surface area contributed by atoms with Crippen LogP contribution in [0.2, 0.25) is 0 Å². The molecule has 0 bridgehead atoms. The van der Waals surface area contributed by atoms with Crippen LogP contribution in [0.25, 0.3) is 0 Å². The first-order chi connectivity index (χ1) is 5.75. The quantitative estimate of drug-likeness (QED) is 0.681. The van der Waals surface area contributed by atoms with Gasteiger partial charge < -0.3 is 15.7 Å². The molecule has 0 rings (SSSR count). The number of primary amides is 1. The SMILES string of the molecule is CC(C)(C)N(CCC(=O)O)C(N)=O. The molecule has 0 heterocycles. The fourth-order valence-corrected chi connectivity index (χ4v) is 0.984. The van der Waals surface area contributed by atoms with Crippen LogP contribution in [0.1, 0.15) is 27.2 Å². The largest absolute Gasteiger partial charge is 0.481 e. The Kier molecular flexibility index (Phi) is 3.71. The number of carbonyl (C=O) groups is 2. The average molecular weight is 188 g/mol. The summed E-state index contributed by atoms with van der Waals surface area (Å²) < 4.78 is 0. The second kappa shape index (κ2) is 4.11. The van der Waals surface area contributed by atoms with E-state index in [0.29, 0.717) is 0 Å². The van der Waals surface area contributed by atoms with Crippen molar-refractivity contribution in [1.82, 2.24) is 4.90 Å². The highest BCUT2D eigenvalue weighted by atomic mass is 16.4. The van der Waals surface area contributed by atoms with Gasteiger partial charge in [0.05, 0.1) is 6.42 Å². The lowest BCUT2D eigenvalue weighted by atomic mass is 10.1. The van der Waals surface area contributed by atoms with Crippen molar-refractivity contribution in [3.63, 3.8) is 0 Å². The van der Waals surface area contributed by atoms with Gasteiger partial charge in [-0.3, -0.25) is 4.79 Å². The van der Waals surface area contributed by atoms with Crippen molar-refractivity contribution in [2.45, 2.75) is 32.7 Å². The maximum Gasteiger partial charge on any atom is 0.315 e. The van der Waals surface area contributed by atoms with Crippen molar-refractivity contribution in [2.24, 2.45) is 5.73 Å². The van der Waals surface area contributed by atoms with Gasteiger partial charge in [-0.25, -0.2) is 4.79 Å². The van der Waals surface area contributed by atoms with Gasteiger partial charge in [-0.1, -0.05) is 0 Å². The number of nitrogens with two attached hydrogens (primary N) is 1. The number of carboxylic acids is 1. The molecule has 2 amide bonds. The molecule has 13 heavy (non-hydrogen) atoms. The van der Waals surface area contributed by atoms with E-state index in [9.17, 15) is 9.59 Å². The number of carboxylic acid groups (broad SMARTS) is 1. The summed E-state index contributed by atoms with van der Waals surface area (Å²) >= 11 is 0. The number of hydrogen-bond acceptors (Lipinski definition) is 2. The summed E-state index contributed by atoms with van der Waals surface area (Å²) in [4.78, 5) is 22.5. The normalized spacial score (nSPS) is 11.0. The van der Waals surface area contributed by atoms with E-state index < -0.39 is 17.5 Å². The molecular formula is C8H16N2O3. The molecule has 5 heteroatoms. The first-order valence-corrected chi connectivity index (χ1v) is 4.04.